The van der Waals surface area contributed by atoms with Crippen molar-refractivity contribution in [3.8, 4) is 0 Å². The van der Waals surface area contributed by atoms with Crippen molar-refractivity contribution in [3.63, 3.8) is 0 Å². The first-order valence-corrected chi connectivity index (χ1v) is 8.93. The number of hydrogen-bond donors (Lipinski definition) is 0. The molecule has 7 nitrogen and oxygen atoms in total. The topological polar surface area (TPSA) is 59.5 Å². The summed E-state index contributed by atoms with van der Waals surface area (Å²) >= 11 is 0. The van der Waals surface area contributed by atoms with Gasteiger partial charge in [0.25, 0.3) is 5.91 Å². The Morgan fingerprint density at radius 3 is 2.38 bits per heavy atom. The number of urea groups is 1. The zero-order valence-corrected chi connectivity index (χ0v) is 16.1. The molecule has 3 rings (SSSR count). The Morgan fingerprint density at radius 1 is 1.12 bits per heavy atom. The fourth-order valence-electron chi connectivity index (χ4n) is 3.72. The number of hydrogen-bond acceptors (Lipinski definition) is 5. The van der Waals surface area contributed by atoms with Crippen LogP contribution < -0.4 is 0 Å². The molecule has 0 saturated carbocycles. The minimum atomic E-state index is -0.450. The second kappa shape index (κ2) is 7.07. The van der Waals surface area contributed by atoms with Gasteiger partial charge in [-0.05, 0) is 26.5 Å². The van der Waals surface area contributed by atoms with Crippen molar-refractivity contribution in [1.29, 1.82) is 0 Å². The minimum absolute atomic E-state index is 0.118. The number of nitrogens with zero attached hydrogens (tertiary/aromatic N) is 5. The maximum atomic E-state index is 12.7. The van der Waals surface area contributed by atoms with Gasteiger partial charge in [-0.25, -0.2) is 9.79 Å². The summed E-state index contributed by atoms with van der Waals surface area (Å²) < 4.78 is 0. The lowest BCUT2D eigenvalue weighted by molar-refractivity contribution is -0.136. The van der Waals surface area contributed by atoms with Gasteiger partial charge in [0, 0.05) is 26.7 Å². The van der Waals surface area contributed by atoms with E-state index in [1.54, 1.807) is 11.9 Å². The van der Waals surface area contributed by atoms with Gasteiger partial charge in [0.15, 0.2) is 12.2 Å². The van der Waals surface area contributed by atoms with Crippen LogP contribution in [0.3, 0.4) is 0 Å². The van der Waals surface area contributed by atoms with Crippen LogP contribution in [-0.2, 0) is 11.3 Å². The second-order valence-corrected chi connectivity index (χ2v) is 7.35. The number of rotatable bonds is 5. The van der Waals surface area contributed by atoms with E-state index in [9.17, 15) is 9.59 Å². The molecule has 140 valence electrons. The van der Waals surface area contributed by atoms with Gasteiger partial charge < -0.3 is 9.80 Å². The lowest BCUT2D eigenvalue weighted by Gasteiger charge is -2.41. The van der Waals surface area contributed by atoms with Crippen molar-refractivity contribution in [2.45, 2.75) is 38.6 Å². The molecule has 2 aliphatic rings. The number of carbonyl (C=O) groups is 2. The van der Waals surface area contributed by atoms with E-state index >= 15 is 0 Å². The van der Waals surface area contributed by atoms with E-state index in [-0.39, 0.29) is 18.0 Å². The molecule has 7 heteroatoms. The standard InChI is InChI=1S/C19H27N5O2/c1-13(2)24-15(12-21(3)11-14-9-7-6-8-10-14)20-17-16(24)18(25)23(5)19(26)22(17)4/h6-10,13,16-17H,11-12H2,1-5H3. The summed E-state index contributed by atoms with van der Waals surface area (Å²) in [6.07, 6.45) is -0.450. The fourth-order valence-corrected chi connectivity index (χ4v) is 3.72. The first-order valence-electron chi connectivity index (χ1n) is 8.93. The Bertz CT molecular complexity index is 718. The highest BCUT2D eigenvalue weighted by Crippen LogP contribution is 2.29. The van der Waals surface area contributed by atoms with Crippen LogP contribution in [0.5, 0.6) is 0 Å². The Morgan fingerprint density at radius 2 is 1.77 bits per heavy atom. The fraction of sp³-hybridized carbons (Fsp3) is 0.526. The highest BCUT2D eigenvalue weighted by molar-refractivity contribution is 6.04. The molecule has 2 heterocycles. The van der Waals surface area contributed by atoms with Crippen molar-refractivity contribution >= 4 is 17.8 Å². The summed E-state index contributed by atoms with van der Waals surface area (Å²) in [6, 6.07) is 9.62. The van der Waals surface area contributed by atoms with Gasteiger partial charge in [-0.3, -0.25) is 14.6 Å². The number of amides is 3. The molecule has 26 heavy (non-hydrogen) atoms. The van der Waals surface area contributed by atoms with Crippen molar-refractivity contribution in [2.24, 2.45) is 4.99 Å². The number of likely N-dealkylation sites (N-methyl/N-ethyl adjacent to an activating group) is 3. The molecule has 0 radical (unpaired) electrons. The van der Waals surface area contributed by atoms with Crippen LogP contribution in [0, 0.1) is 0 Å². The zero-order chi connectivity index (χ0) is 19.0. The van der Waals surface area contributed by atoms with Gasteiger partial charge in [0.1, 0.15) is 5.84 Å². The molecule has 0 spiro atoms. The van der Waals surface area contributed by atoms with Crippen LogP contribution in [0.25, 0.3) is 0 Å². The number of fused-ring (bicyclic) bond motifs is 1. The molecule has 0 aromatic heterocycles. The molecular formula is C19H27N5O2. The molecule has 1 aromatic rings. The summed E-state index contributed by atoms with van der Waals surface area (Å²) in [5, 5.41) is 0. The smallest absolute Gasteiger partial charge is 0.328 e. The van der Waals surface area contributed by atoms with Crippen LogP contribution in [0.2, 0.25) is 0 Å². The van der Waals surface area contributed by atoms with Crippen LogP contribution in [-0.4, -0.2) is 83.3 Å². The third kappa shape index (κ3) is 3.19. The van der Waals surface area contributed by atoms with Gasteiger partial charge in [-0.2, -0.15) is 0 Å². The monoisotopic (exact) mass is 357 g/mol. The second-order valence-electron chi connectivity index (χ2n) is 7.35. The lowest BCUT2D eigenvalue weighted by Crippen LogP contribution is -2.65. The molecule has 2 atom stereocenters. The summed E-state index contributed by atoms with van der Waals surface area (Å²) in [7, 11) is 5.29. The van der Waals surface area contributed by atoms with Crippen LogP contribution in [0.1, 0.15) is 19.4 Å². The van der Waals surface area contributed by atoms with E-state index in [0.29, 0.717) is 6.54 Å². The average Bonchev–Trinajstić information content (AvgIpc) is 2.98. The van der Waals surface area contributed by atoms with E-state index < -0.39 is 12.2 Å². The quantitative estimate of drug-likeness (QED) is 0.801. The van der Waals surface area contributed by atoms with Crippen molar-refractivity contribution < 1.29 is 9.59 Å². The normalized spacial score (nSPS) is 23.2. The predicted molar refractivity (Wildman–Crippen MR) is 101 cm³/mol. The molecule has 3 amide bonds. The van der Waals surface area contributed by atoms with Gasteiger partial charge in [0.2, 0.25) is 0 Å². The summed E-state index contributed by atoms with van der Waals surface area (Å²) in [4.78, 5) is 36.8. The van der Waals surface area contributed by atoms with Gasteiger partial charge in [0.05, 0.1) is 6.54 Å². The highest BCUT2D eigenvalue weighted by Gasteiger charge is 2.51. The van der Waals surface area contributed by atoms with Crippen molar-refractivity contribution in [1.82, 2.24) is 19.6 Å². The largest absolute Gasteiger partial charge is 0.341 e. The van der Waals surface area contributed by atoms with E-state index in [1.807, 2.05) is 25.2 Å². The molecule has 1 aromatic carbocycles. The SMILES string of the molecule is CC(C)N1C(CN(C)Cc2ccccc2)=NC2C1C(=O)N(C)C(=O)N2C. The maximum Gasteiger partial charge on any atom is 0.328 e. The van der Waals surface area contributed by atoms with Gasteiger partial charge in [-0.1, -0.05) is 30.3 Å². The van der Waals surface area contributed by atoms with E-state index in [4.69, 9.17) is 4.99 Å². The van der Waals surface area contributed by atoms with Gasteiger partial charge >= 0.3 is 6.03 Å². The van der Waals surface area contributed by atoms with Crippen LogP contribution >= 0.6 is 0 Å². The predicted octanol–water partition coefficient (Wildman–Crippen LogP) is 1.46. The zero-order valence-electron chi connectivity index (χ0n) is 16.1. The molecule has 0 bridgehead atoms. The summed E-state index contributed by atoms with van der Waals surface area (Å²) in [5.41, 5.74) is 1.23. The van der Waals surface area contributed by atoms with Crippen molar-refractivity contribution in [2.75, 3.05) is 27.7 Å². The molecule has 2 unspecified atom stereocenters. The summed E-state index contributed by atoms with van der Waals surface area (Å²) in [6.45, 7) is 5.53. The number of benzene rings is 1. The number of carbonyl (C=O) groups excluding carboxylic acids is 2. The van der Waals surface area contributed by atoms with E-state index in [2.05, 4.69) is 35.8 Å². The van der Waals surface area contributed by atoms with Crippen molar-refractivity contribution in [3.05, 3.63) is 35.9 Å². The molecule has 0 aliphatic carbocycles. The molecule has 1 fully saturated rings. The maximum absolute atomic E-state index is 12.7. The van der Waals surface area contributed by atoms with Crippen LogP contribution in [0.4, 0.5) is 4.79 Å². The third-order valence-corrected chi connectivity index (χ3v) is 4.99. The van der Waals surface area contributed by atoms with Crippen LogP contribution in [0.15, 0.2) is 35.3 Å². The molecular weight excluding hydrogens is 330 g/mol. The number of amidine groups is 1. The Hall–Kier alpha value is -2.41. The molecule has 0 N–H and O–H groups in total. The first-order chi connectivity index (χ1) is 12.3. The molecule has 2 aliphatic heterocycles. The summed E-state index contributed by atoms with van der Waals surface area (Å²) in [5.74, 6) is 0.674. The van der Waals surface area contributed by atoms with E-state index in [1.165, 1.54) is 17.5 Å². The van der Waals surface area contributed by atoms with E-state index in [0.717, 1.165) is 12.4 Å². The first kappa shape index (κ1) is 18.4. The highest BCUT2D eigenvalue weighted by atomic mass is 16.2. The molecule has 1 saturated heterocycles. The van der Waals surface area contributed by atoms with Gasteiger partial charge in [-0.15, -0.1) is 0 Å². The Balaban J connectivity index is 1.81. The Labute approximate surface area is 154 Å². The number of imide groups is 1. The lowest BCUT2D eigenvalue weighted by atomic mass is 10.1. The Kier molecular flexibility index (Phi) is 5.00. The average molecular weight is 357 g/mol. The minimum Gasteiger partial charge on any atom is -0.341 e. The number of aliphatic imine (C=N–C) groups is 1. The third-order valence-electron chi connectivity index (χ3n) is 4.99.